The van der Waals surface area contributed by atoms with Gasteiger partial charge in [-0.15, -0.1) is 5.10 Å². The molecule has 1 unspecified atom stereocenters. The Balaban J connectivity index is 2.48. The first-order valence-electron chi connectivity index (χ1n) is 6.33. The first-order chi connectivity index (χ1) is 9.30. The van der Waals surface area contributed by atoms with Crippen molar-refractivity contribution in [1.82, 2.24) is 20.2 Å². The van der Waals surface area contributed by atoms with Crippen molar-refractivity contribution in [3.63, 3.8) is 0 Å². The maximum absolute atomic E-state index is 11.1. The number of thiophene rings is 1. The minimum Gasteiger partial charge on any atom is -0.481 e. The molecular weight excluding hydrogens is 276 g/mol. The van der Waals surface area contributed by atoms with Crippen LogP contribution in [0.15, 0.2) is 10.8 Å². The molecule has 2 rings (SSSR count). The van der Waals surface area contributed by atoms with Gasteiger partial charge in [0.25, 0.3) is 0 Å². The smallest absolute Gasteiger partial charge is 0.305 e. The van der Waals surface area contributed by atoms with Gasteiger partial charge >= 0.3 is 5.97 Å². The van der Waals surface area contributed by atoms with Crippen LogP contribution in [-0.4, -0.2) is 31.3 Å². The standard InChI is InChI=1S/C13H18N4O2S/c1-8-6-20-7-9(8)12-14-15-16-17(12)10(5-11(18)19)13(2,3)4/h6-7,10H,5H2,1-4H3,(H,18,19). The molecule has 0 spiro atoms. The first-order valence-corrected chi connectivity index (χ1v) is 7.28. The predicted molar refractivity (Wildman–Crippen MR) is 76.6 cm³/mol. The van der Waals surface area contributed by atoms with Crippen LogP contribution >= 0.6 is 11.3 Å². The number of aliphatic carboxylic acids is 1. The molecule has 0 radical (unpaired) electrons. The van der Waals surface area contributed by atoms with Crippen molar-refractivity contribution in [2.45, 2.75) is 40.2 Å². The molecular formula is C13H18N4O2S. The fraction of sp³-hybridized carbons (Fsp3) is 0.538. The second-order valence-corrected chi connectivity index (χ2v) is 6.64. The van der Waals surface area contributed by atoms with Crippen LogP contribution in [0, 0.1) is 12.3 Å². The number of carboxylic acid groups (broad SMARTS) is 1. The van der Waals surface area contributed by atoms with Gasteiger partial charge in [0.2, 0.25) is 0 Å². The number of carbonyl (C=O) groups is 1. The second-order valence-electron chi connectivity index (χ2n) is 5.90. The van der Waals surface area contributed by atoms with Crippen molar-refractivity contribution in [2.24, 2.45) is 5.41 Å². The molecule has 2 aromatic rings. The highest BCUT2D eigenvalue weighted by molar-refractivity contribution is 7.08. The molecule has 0 amide bonds. The van der Waals surface area contributed by atoms with Gasteiger partial charge in [0.15, 0.2) is 5.82 Å². The summed E-state index contributed by atoms with van der Waals surface area (Å²) in [6, 6.07) is -0.302. The molecule has 0 aliphatic carbocycles. The lowest BCUT2D eigenvalue weighted by atomic mass is 9.84. The Labute approximate surface area is 121 Å². The highest BCUT2D eigenvalue weighted by Gasteiger charge is 2.32. The van der Waals surface area contributed by atoms with E-state index in [9.17, 15) is 4.79 Å². The van der Waals surface area contributed by atoms with Crippen LogP contribution in [0.4, 0.5) is 0 Å². The molecule has 1 atom stereocenters. The Morgan fingerprint density at radius 3 is 2.65 bits per heavy atom. The van der Waals surface area contributed by atoms with Gasteiger partial charge in [-0.2, -0.15) is 11.3 Å². The van der Waals surface area contributed by atoms with E-state index in [1.165, 1.54) is 0 Å². The van der Waals surface area contributed by atoms with Crippen LogP contribution < -0.4 is 0 Å². The first kappa shape index (κ1) is 14.6. The summed E-state index contributed by atoms with van der Waals surface area (Å²) in [7, 11) is 0. The molecule has 6 nitrogen and oxygen atoms in total. The quantitative estimate of drug-likeness (QED) is 0.937. The average molecular weight is 294 g/mol. The lowest BCUT2D eigenvalue weighted by Gasteiger charge is -2.29. The minimum atomic E-state index is -0.853. The molecule has 0 bridgehead atoms. The topological polar surface area (TPSA) is 80.9 Å². The summed E-state index contributed by atoms with van der Waals surface area (Å²) in [4.78, 5) is 11.1. The van der Waals surface area contributed by atoms with Crippen LogP contribution in [0.2, 0.25) is 0 Å². The molecule has 20 heavy (non-hydrogen) atoms. The van der Waals surface area contributed by atoms with Gasteiger partial charge < -0.3 is 5.11 Å². The summed E-state index contributed by atoms with van der Waals surface area (Å²) in [5.74, 6) is -0.224. The molecule has 108 valence electrons. The molecule has 1 N–H and O–H groups in total. The van der Waals surface area contributed by atoms with E-state index in [-0.39, 0.29) is 17.9 Å². The average Bonchev–Trinajstić information content (AvgIpc) is 2.92. The van der Waals surface area contributed by atoms with Crippen molar-refractivity contribution in [3.8, 4) is 11.4 Å². The molecule has 7 heteroatoms. The molecule has 0 aliphatic rings. The van der Waals surface area contributed by atoms with Crippen molar-refractivity contribution in [3.05, 3.63) is 16.3 Å². The second kappa shape index (κ2) is 5.32. The summed E-state index contributed by atoms with van der Waals surface area (Å²) in [5.41, 5.74) is 1.79. The minimum absolute atomic E-state index is 0.00920. The monoisotopic (exact) mass is 294 g/mol. The van der Waals surface area contributed by atoms with E-state index in [4.69, 9.17) is 5.11 Å². The van der Waals surface area contributed by atoms with E-state index in [0.29, 0.717) is 5.82 Å². The van der Waals surface area contributed by atoms with Gasteiger partial charge in [-0.25, -0.2) is 4.68 Å². The largest absolute Gasteiger partial charge is 0.481 e. The predicted octanol–water partition coefficient (Wildman–Crippen LogP) is 2.77. The number of aryl methyl sites for hydroxylation is 1. The summed E-state index contributed by atoms with van der Waals surface area (Å²) < 4.78 is 1.64. The van der Waals surface area contributed by atoms with E-state index in [2.05, 4.69) is 15.5 Å². The molecule has 0 aliphatic heterocycles. The van der Waals surface area contributed by atoms with E-state index in [1.54, 1.807) is 16.0 Å². The molecule has 0 saturated heterocycles. The number of hydrogen-bond donors (Lipinski definition) is 1. The summed E-state index contributed by atoms with van der Waals surface area (Å²) >= 11 is 1.58. The summed E-state index contributed by atoms with van der Waals surface area (Å²) in [6.07, 6.45) is -0.00920. The van der Waals surface area contributed by atoms with Crippen LogP contribution in [0.1, 0.15) is 38.8 Å². The fourth-order valence-corrected chi connectivity index (χ4v) is 2.92. The Morgan fingerprint density at radius 1 is 1.45 bits per heavy atom. The number of rotatable bonds is 4. The number of hydrogen-bond acceptors (Lipinski definition) is 5. The Bertz CT molecular complexity index is 612. The van der Waals surface area contributed by atoms with Gasteiger partial charge in [-0.05, 0) is 33.7 Å². The van der Waals surface area contributed by atoms with Gasteiger partial charge in [0.05, 0.1) is 12.5 Å². The molecule has 0 aromatic carbocycles. The Kier molecular flexibility index (Phi) is 3.89. The highest BCUT2D eigenvalue weighted by Crippen LogP contribution is 2.36. The fourth-order valence-electron chi connectivity index (χ4n) is 2.10. The molecule has 0 saturated carbocycles. The van der Waals surface area contributed by atoms with Crippen LogP contribution in [0.3, 0.4) is 0 Å². The van der Waals surface area contributed by atoms with Gasteiger partial charge in [-0.3, -0.25) is 4.79 Å². The summed E-state index contributed by atoms with van der Waals surface area (Å²) in [5, 5.41) is 25.0. The van der Waals surface area contributed by atoms with Crippen molar-refractivity contribution < 1.29 is 9.90 Å². The van der Waals surface area contributed by atoms with Crippen LogP contribution in [0.25, 0.3) is 11.4 Å². The maximum atomic E-state index is 11.1. The van der Waals surface area contributed by atoms with E-state index in [1.807, 2.05) is 38.5 Å². The third kappa shape index (κ3) is 2.87. The van der Waals surface area contributed by atoms with Crippen molar-refractivity contribution in [2.75, 3.05) is 0 Å². The number of nitrogens with zero attached hydrogens (tertiary/aromatic N) is 4. The molecule has 0 fully saturated rings. The zero-order chi connectivity index (χ0) is 14.9. The van der Waals surface area contributed by atoms with E-state index in [0.717, 1.165) is 11.1 Å². The molecule has 2 heterocycles. The zero-order valence-electron chi connectivity index (χ0n) is 12.0. The maximum Gasteiger partial charge on any atom is 0.305 e. The third-order valence-electron chi connectivity index (χ3n) is 3.25. The number of tetrazole rings is 1. The van der Waals surface area contributed by atoms with Crippen LogP contribution in [-0.2, 0) is 4.79 Å². The SMILES string of the molecule is Cc1cscc1-c1nnnn1C(CC(=O)O)C(C)(C)C. The lowest BCUT2D eigenvalue weighted by Crippen LogP contribution is -2.28. The van der Waals surface area contributed by atoms with Gasteiger partial charge in [0.1, 0.15) is 0 Å². The Hall–Kier alpha value is -1.76. The third-order valence-corrected chi connectivity index (χ3v) is 4.11. The van der Waals surface area contributed by atoms with Crippen LogP contribution in [0.5, 0.6) is 0 Å². The number of aromatic nitrogens is 4. The number of carboxylic acids is 1. The van der Waals surface area contributed by atoms with Gasteiger partial charge in [0, 0.05) is 10.9 Å². The zero-order valence-corrected chi connectivity index (χ0v) is 12.8. The molecule has 2 aromatic heterocycles. The highest BCUT2D eigenvalue weighted by atomic mass is 32.1. The summed E-state index contributed by atoms with van der Waals surface area (Å²) in [6.45, 7) is 7.97. The lowest BCUT2D eigenvalue weighted by molar-refractivity contribution is -0.138. The normalized spacial score (nSPS) is 13.4. The van der Waals surface area contributed by atoms with Crippen molar-refractivity contribution in [1.29, 1.82) is 0 Å². The Morgan fingerprint density at radius 2 is 2.15 bits per heavy atom. The van der Waals surface area contributed by atoms with E-state index >= 15 is 0 Å². The van der Waals surface area contributed by atoms with Crippen molar-refractivity contribution >= 4 is 17.3 Å². The van der Waals surface area contributed by atoms with E-state index < -0.39 is 5.97 Å². The van der Waals surface area contributed by atoms with Gasteiger partial charge in [-0.1, -0.05) is 20.8 Å².